The van der Waals surface area contributed by atoms with Crippen LogP contribution in [0.25, 0.3) is 11.0 Å². The number of hydrogen-bond donors (Lipinski definition) is 2. The Morgan fingerprint density at radius 2 is 1.94 bits per heavy atom. The molecule has 0 saturated carbocycles. The van der Waals surface area contributed by atoms with Crippen LogP contribution in [0.2, 0.25) is 5.02 Å². The summed E-state index contributed by atoms with van der Waals surface area (Å²) in [5.74, 6) is 1.42. The molecule has 1 amide bonds. The number of imidazole rings is 1. The van der Waals surface area contributed by atoms with E-state index in [9.17, 15) is 4.79 Å². The van der Waals surface area contributed by atoms with Crippen LogP contribution in [0.5, 0.6) is 0 Å². The third kappa shape index (κ3) is 5.26. The second-order valence-electron chi connectivity index (χ2n) is 7.40. The number of amides is 1. The summed E-state index contributed by atoms with van der Waals surface area (Å²) in [6.07, 6.45) is 0.623. The molecule has 9 heteroatoms. The molecule has 0 bridgehead atoms. The zero-order valence-corrected chi connectivity index (χ0v) is 19.0. The fraction of sp³-hybridized carbons (Fsp3) is 0.273. The normalized spacial score (nSPS) is 11.2. The van der Waals surface area contributed by atoms with Gasteiger partial charge in [-0.2, -0.15) is 4.98 Å². The maximum absolute atomic E-state index is 12.2. The number of nitrogens with one attached hydrogen (secondary N) is 2. The fourth-order valence-electron chi connectivity index (χ4n) is 3.10. The van der Waals surface area contributed by atoms with Crippen molar-refractivity contribution in [2.24, 2.45) is 0 Å². The van der Waals surface area contributed by atoms with Crippen molar-refractivity contribution in [3.8, 4) is 0 Å². The van der Waals surface area contributed by atoms with Gasteiger partial charge >= 0.3 is 0 Å². The largest absolute Gasteiger partial charge is 0.339 e. The van der Waals surface area contributed by atoms with Gasteiger partial charge in [0.2, 0.25) is 11.8 Å². The number of H-pyrrole nitrogens is 1. The number of fused-ring (bicyclic) bond motifs is 1. The Hall–Kier alpha value is -2.84. The molecule has 0 unspecified atom stereocenters. The van der Waals surface area contributed by atoms with E-state index in [1.54, 1.807) is 12.1 Å². The average Bonchev–Trinajstić information content (AvgIpc) is 3.34. The van der Waals surface area contributed by atoms with Crippen molar-refractivity contribution in [2.45, 2.75) is 44.5 Å². The SMILES string of the molecule is Cc1cc2nc(SCc3noc(CCC(=O)Nc4ccc(Cl)cc4C)n3)[nH]c2cc1C. The van der Waals surface area contributed by atoms with Crippen molar-refractivity contribution in [1.82, 2.24) is 20.1 Å². The first-order valence-corrected chi connectivity index (χ1v) is 11.2. The van der Waals surface area contributed by atoms with Crippen LogP contribution in [0.3, 0.4) is 0 Å². The highest BCUT2D eigenvalue weighted by Gasteiger charge is 2.12. The van der Waals surface area contributed by atoms with Crippen LogP contribution in [0.15, 0.2) is 40.0 Å². The molecular formula is C22H22ClN5O2S. The van der Waals surface area contributed by atoms with Crippen LogP contribution in [0, 0.1) is 20.8 Å². The zero-order valence-electron chi connectivity index (χ0n) is 17.5. The minimum Gasteiger partial charge on any atom is -0.339 e. The number of anilines is 1. The highest BCUT2D eigenvalue weighted by Crippen LogP contribution is 2.24. The lowest BCUT2D eigenvalue weighted by Crippen LogP contribution is -2.13. The van der Waals surface area contributed by atoms with E-state index in [0.717, 1.165) is 27.4 Å². The molecule has 2 aromatic heterocycles. The first-order valence-electron chi connectivity index (χ1n) is 9.84. The van der Waals surface area contributed by atoms with Crippen LogP contribution in [-0.2, 0) is 17.0 Å². The Bertz CT molecular complexity index is 1210. The van der Waals surface area contributed by atoms with E-state index in [4.69, 9.17) is 16.1 Å². The van der Waals surface area contributed by atoms with Crippen LogP contribution >= 0.6 is 23.4 Å². The van der Waals surface area contributed by atoms with Crippen LogP contribution < -0.4 is 5.32 Å². The molecule has 7 nitrogen and oxygen atoms in total. The highest BCUT2D eigenvalue weighted by molar-refractivity contribution is 7.98. The predicted molar refractivity (Wildman–Crippen MR) is 123 cm³/mol. The fourth-order valence-corrected chi connectivity index (χ4v) is 4.05. The maximum atomic E-state index is 12.2. The topological polar surface area (TPSA) is 96.7 Å². The second-order valence-corrected chi connectivity index (χ2v) is 8.80. The number of aromatic amines is 1. The van der Waals surface area contributed by atoms with Gasteiger partial charge in [-0.05, 0) is 67.8 Å². The second kappa shape index (κ2) is 9.11. The van der Waals surface area contributed by atoms with Crippen molar-refractivity contribution >= 4 is 46.0 Å². The Kier molecular flexibility index (Phi) is 6.29. The van der Waals surface area contributed by atoms with E-state index in [0.29, 0.717) is 28.9 Å². The Balaban J connectivity index is 1.29. The van der Waals surface area contributed by atoms with Gasteiger partial charge in [0.25, 0.3) is 0 Å². The molecule has 31 heavy (non-hydrogen) atoms. The summed E-state index contributed by atoms with van der Waals surface area (Å²) in [6.45, 7) is 6.06. The first kappa shape index (κ1) is 21.4. The molecule has 0 aliphatic carbocycles. The number of halogens is 1. The zero-order chi connectivity index (χ0) is 22.0. The molecule has 2 N–H and O–H groups in total. The lowest BCUT2D eigenvalue weighted by atomic mass is 10.1. The average molecular weight is 456 g/mol. The van der Waals surface area contributed by atoms with Gasteiger partial charge in [-0.1, -0.05) is 28.5 Å². The summed E-state index contributed by atoms with van der Waals surface area (Å²) >= 11 is 7.46. The summed E-state index contributed by atoms with van der Waals surface area (Å²) in [5.41, 5.74) is 6.06. The van der Waals surface area contributed by atoms with Crippen LogP contribution in [0.4, 0.5) is 5.69 Å². The minimum atomic E-state index is -0.118. The molecule has 2 heterocycles. The Morgan fingerprint density at radius 1 is 1.13 bits per heavy atom. The number of aromatic nitrogens is 4. The van der Waals surface area contributed by atoms with E-state index in [2.05, 4.69) is 51.4 Å². The third-order valence-corrected chi connectivity index (χ3v) is 6.06. The molecule has 0 saturated heterocycles. The van der Waals surface area contributed by atoms with Crippen LogP contribution in [-0.4, -0.2) is 26.0 Å². The molecule has 4 rings (SSSR count). The number of hydrogen-bond acceptors (Lipinski definition) is 6. The van der Waals surface area contributed by atoms with Gasteiger partial charge < -0.3 is 14.8 Å². The summed E-state index contributed by atoms with van der Waals surface area (Å²) in [4.78, 5) is 24.5. The third-order valence-electron chi connectivity index (χ3n) is 4.95. The van der Waals surface area contributed by atoms with Crippen LogP contribution in [0.1, 0.15) is 34.8 Å². The molecule has 0 spiro atoms. The van der Waals surface area contributed by atoms with E-state index in [-0.39, 0.29) is 12.3 Å². The monoisotopic (exact) mass is 455 g/mol. The Labute approximate surface area is 189 Å². The molecule has 160 valence electrons. The van der Waals surface area contributed by atoms with E-state index >= 15 is 0 Å². The van der Waals surface area contributed by atoms with Gasteiger partial charge in [-0.15, -0.1) is 0 Å². The van der Waals surface area contributed by atoms with E-state index < -0.39 is 0 Å². The number of carbonyl (C=O) groups is 1. The molecule has 0 fully saturated rings. The van der Waals surface area contributed by atoms with Crippen molar-refractivity contribution in [2.75, 3.05) is 5.32 Å². The summed E-state index contributed by atoms with van der Waals surface area (Å²) in [5, 5.41) is 8.33. The number of thioether (sulfide) groups is 1. The number of nitrogens with zero attached hydrogens (tertiary/aromatic N) is 3. The molecule has 0 atom stereocenters. The maximum Gasteiger partial charge on any atom is 0.227 e. The smallest absolute Gasteiger partial charge is 0.227 e. The number of aryl methyl sites for hydroxylation is 4. The van der Waals surface area contributed by atoms with E-state index in [1.807, 2.05) is 13.0 Å². The predicted octanol–water partition coefficient (Wildman–Crippen LogP) is 5.39. The van der Waals surface area contributed by atoms with Gasteiger partial charge in [-0.3, -0.25) is 4.79 Å². The highest BCUT2D eigenvalue weighted by atomic mass is 35.5. The summed E-state index contributed by atoms with van der Waals surface area (Å²) < 4.78 is 5.28. The van der Waals surface area contributed by atoms with Crippen molar-refractivity contribution in [3.05, 3.63) is 63.8 Å². The molecule has 2 aromatic carbocycles. The molecule has 0 aliphatic heterocycles. The molecule has 0 aliphatic rings. The minimum absolute atomic E-state index is 0.118. The number of rotatable bonds is 7. The first-order chi connectivity index (χ1) is 14.9. The summed E-state index contributed by atoms with van der Waals surface area (Å²) in [7, 11) is 0. The van der Waals surface area contributed by atoms with Crippen molar-refractivity contribution < 1.29 is 9.32 Å². The van der Waals surface area contributed by atoms with Crippen molar-refractivity contribution in [1.29, 1.82) is 0 Å². The molecule has 0 radical (unpaired) electrons. The standard InChI is InChI=1S/C22H22ClN5O2S/c1-12-9-17-18(10-13(12)2)26-22(25-17)31-11-19-27-21(30-28-19)7-6-20(29)24-16-5-4-15(23)8-14(16)3/h4-5,8-10H,6-7,11H2,1-3H3,(H,24,29)(H,25,26). The quantitative estimate of drug-likeness (QED) is 0.363. The number of benzene rings is 2. The lowest BCUT2D eigenvalue weighted by molar-refractivity contribution is -0.116. The lowest BCUT2D eigenvalue weighted by Gasteiger charge is -2.07. The van der Waals surface area contributed by atoms with Gasteiger partial charge in [0.05, 0.1) is 16.8 Å². The van der Waals surface area contributed by atoms with Gasteiger partial charge in [0.1, 0.15) is 0 Å². The molecular weight excluding hydrogens is 434 g/mol. The molecule has 4 aromatic rings. The number of carbonyl (C=O) groups excluding carboxylic acids is 1. The summed E-state index contributed by atoms with van der Waals surface area (Å²) in [6, 6.07) is 9.53. The van der Waals surface area contributed by atoms with E-state index in [1.165, 1.54) is 22.9 Å². The van der Waals surface area contributed by atoms with Gasteiger partial charge in [0, 0.05) is 23.6 Å². The van der Waals surface area contributed by atoms with Crippen molar-refractivity contribution in [3.63, 3.8) is 0 Å². The van der Waals surface area contributed by atoms with Gasteiger partial charge in [-0.25, -0.2) is 4.98 Å². The Morgan fingerprint density at radius 3 is 2.74 bits per heavy atom. The van der Waals surface area contributed by atoms with Gasteiger partial charge in [0.15, 0.2) is 11.0 Å².